The zero-order valence-electron chi connectivity index (χ0n) is 20.2. The summed E-state index contributed by atoms with van der Waals surface area (Å²) in [6.07, 6.45) is 0.860. The topological polar surface area (TPSA) is 112 Å². The number of thiazole rings is 1. The van der Waals surface area contributed by atoms with Crippen molar-refractivity contribution in [2.45, 2.75) is 45.4 Å². The van der Waals surface area contributed by atoms with E-state index in [4.69, 9.17) is 4.98 Å². The molecule has 186 valence electrons. The summed E-state index contributed by atoms with van der Waals surface area (Å²) in [6.45, 7) is 3.08. The molecule has 2 amide bonds. The normalized spacial score (nSPS) is 12.8. The van der Waals surface area contributed by atoms with Gasteiger partial charge in [-0.2, -0.15) is 0 Å². The van der Waals surface area contributed by atoms with Crippen LogP contribution in [0.1, 0.15) is 46.6 Å². The number of aliphatic hydroxyl groups is 1. The smallest absolute Gasteiger partial charge is 0.243 e. The number of nitrogens with zero attached hydrogens (tertiary/aromatic N) is 1. The van der Waals surface area contributed by atoms with Gasteiger partial charge in [0.25, 0.3) is 0 Å². The SMILES string of the molecule is CC(=O)NC(Cc1ccc(O)cc1)C(=O)N[C@@H](C)c1nc(Cc2ccc3ccccc3c2)c(CO)s1. The van der Waals surface area contributed by atoms with Crippen molar-refractivity contribution in [3.63, 3.8) is 0 Å². The standard InChI is InChI=1S/C28H29N3O4S/c1-17(29-27(35)25(30-18(2)33)14-19-8-11-23(34)12-9-19)28-31-24(26(16-32)36-28)15-20-7-10-21-5-3-4-6-22(21)13-20/h3-13,17,25,32,34H,14-16H2,1-2H3,(H,29,35)(H,30,33)/t17-,25?/m0/s1. The summed E-state index contributed by atoms with van der Waals surface area (Å²) >= 11 is 1.37. The maximum Gasteiger partial charge on any atom is 0.243 e. The highest BCUT2D eigenvalue weighted by atomic mass is 32.1. The van der Waals surface area contributed by atoms with Gasteiger partial charge in [-0.15, -0.1) is 11.3 Å². The molecule has 1 heterocycles. The van der Waals surface area contributed by atoms with Gasteiger partial charge in [0.15, 0.2) is 0 Å². The van der Waals surface area contributed by atoms with Gasteiger partial charge in [-0.1, -0.05) is 54.6 Å². The van der Waals surface area contributed by atoms with Crippen molar-refractivity contribution < 1.29 is 19.8 Å². The van der Waals surface area contributed by atoms with Gasteiger partial charge >= 0.3 is 0 Å². The van der Waals surface area contributed by atoms with E-state index in [1.165, 1.54) is 23.6 Å². The number of fused-ring (bicyclic) bond motifs is 1. The number of phenolic OH excluding ortho intramolecular Hbond substituents is 1. The number of rotatable bonds is 9. The number of benzene rings is 3. The molecule has 0 bridgehead atoms. The lowest BCUT2D eigenvalue weighted by atomic mass is 10.0. The Morgan fingerprint density at radius 2 is 1.67 bits per heavy atom. The van der Waals surface area contributed by atoms with Crippen LogP contribution in [-0.4, -0.2) is 33.1 Å². The summed E-state index contributed by atoms with van der Waals surface area (Å²) in [7, 11) is 0. The average Bonchev–Trinajstić information content (AvgIpc) is 3.27. The van der Waals surface area contributed by atoms with Crippen molar-refractivity contribution in [2.75, 3.05) is 0 Å². The molecule has 4 N–H and O–H groups in total. The third kappa shape index (κ3) is 6.27. The number of amides is 2. The number of aromatic hydroxyl groups is 1. The predicted octanol–water partition coefficient (Wildman–Crippen LogP) is 4.01. The Morgan fingerprint density at radius 1 is 0.972 bits per heavy atom. The second-order valence-electron chi connectivity index (χ2n) is 8.79. The molecule has 8 heteroatoms. The zero-order valence-corrected chi connectivity index (χ0v) is 21.0. The van der Waals surface area contributed by atoms with Gasteiger partial charge in [0.05, 0.1) is 23.2 Å². The van der Waals surface area contributed by atoms with Crippen LogP contribution >= 0.6 is 11.3 Å². The maximum absolute atomic E-state index is 13.1. The Labute approximate surface area is 213 Å². The Morgan fingerprint density at radius 3 is 2.36 bits per heavy atom. The molecule has 4 rings (SSSR count). The van der Waals surface area contributed by atoms with Crippen molar-refractivity contribution in [2.24, 2.45) is 0 Å². The molecular formula is C28H29N3O4S. The first-order valence-corrected chi connectivity index (χ1v) is 12.6. The fraction of sp³-hybridized carbons (Fsp3) is 0.250. The first kappa shape index (κ1) is 25.3. The van der Waals surface area contributed by atoms with Gasteiger partial charge in [-0.05, 0) is 41.0 Å². The van der Waals surface area contributed by atoms with Crippen molar-refractivity contribution >= 4 is 33.9 Å². The second kappa shape index (κ2) is 11.3. The van der Waals surface area contributed by atoms with Crippen LogP contribution in [0.15, 0.2) is 66.7 Å². The lowest BCUT2D eigenvalue weighted by Crippen LogP contribution is -2.47. The molecule has 0 radical (unpaired) electrons. The van der Waals surface area contributed by atoms with Gasteiger partial charge in [-0.25, -0.2) is 4.98 Å². The van der Waals surface area contributed by atoms with Crippen LogP contribution in [0.2, 0.25) is 0 Å². The predicted molar refractivity (Wildman–Crippen MR) is 141 cm³/mol. The Balaban J connectivity index is 1.48. The molecule has 0 saturated carbocycles. The number of hydrogen-bond acceptors (Lipinski definition) is 6. The highest BCUT2D eigenvalue weighted by Crippen LogP contribution is 2.27. The Bertz CT molecular complexity index is 1370. The first-order valence-electron chi connectivity index (χ1n) is 11.7. The van der Waals surface area contributed by atoms with Gasteiger partial charge in [0.2, 0.25) is 11.8 Å². The number of hydrogen-bond donors (Lipinski definition) is 4. The van der Waals surface area contributed by atoms with Crippen LogP contribution in [0.3, 0.4) is 0 Å². The molecule has 0 aliphatic carbocycles. The maximum atomic E-state index is 13.1. The highest BCUT2D eigenvalue weighted by Gasteiger charge is 2.24. The van der Waals surface area contributed by atoms with Crippen LogP contribution in [0.25, 0.3) is 10.8 Å². The van der Waals surface area contributed by atoms with E-state index in [2.05, 4.69) is 41.0 Å². The number of carbonyl (C=O) groups excluding carboxylic acids is 2. The molecule has 4 aromatic rings. The van der Waals surface area contributed by atoms with Crippen molar-refractivity contribution in [3.8, 4) is 5.75 Å². The van der Waals surface area contributed by atoms with E-state index < -0.39 is 12.1 Å². The van der Waals surface area contributed by atoms with Crippen molar-refractivity contribution in [1.29, 1.82) is 0 Å². The van der Waals surface area contributed by atoms with E-state index in [0.717, 1.165) is 27.1 Å². The van der Waals surface area contributed by atoms with Crippen molar-refractivity contribution in [3.05, 3.63) is 93.4 Å². The number of aromatic nitrogens is 1. The van der Waals surface area contributed by atoms with E-state index in [9.17, 15) is 19.8 Å². The Hall–Kier alpha value is -3.75. The summed E-state index contributed by atoms with van der Waals surface area (Å²) < 4.78 is 0. The largest absolute Gasteiger partial charge is 0.508 e. The highest BCUT2D eigenvalue weighted by molar-refractivity contribution is 7.11. The summed E-state index contributed by atoms with van der Waals surface area (Å²) in [5, 5.41) is 28.1. The van der Waals surface area contributed by atoms with E-state index in [1.807, 2.05) is 19.1 Å². The molecule has 0 fully saturated rings. The molecule has 0 aliphatic rings. The molecular weight excluding hydrogens is 474 g/mol. The van der Waals surface area contributed by atoms with Gasteiger partial charge < -0.3 is 20.8 Å². The fourth-order valence-electron chi connectivity index (χ4n) is 4.09. The zero-order chi connectivity index (χ0) is 25.7. The van der Waals surface area contributed by atoms with Crippen LogP contribution < -0.4 is 10.6 Å². The summed E-state index contributed by atoms with van der Waals surface area (Å²) in [5.74, 6) is -0.505. The quantitative estimate of drug-likeness (QED) is 0.276. The van der Waals surface area contributed by atoms with Gasteiger partial charge in [-0.3, -0.25) is 9.59 Å². The molecule has 0 spiro atoms. The van der Waals surface area contributed by atoms with E-state index >= 15 is 0 Å². The van der Waals surface area contributed by atoms with E-state index in [-0.39, 0.29) is 30.6 Å². The third-order valence-corrected chi connectivity index (χ3v) is 7.19. The second-order valence-corrected chi connectivity index (χ2v) is 9.91. The van der Waals surface area contributed by atoms with Gasteiger partial charge in [0, 0.05) is 19.8 Å². The van der Waals surface area contributed by atoms with Gasteiger partial charge in [0.1, 0.15) is 16.8 Å². The summed E-state index contributed by atoms with van der Waals surface area (Å²) in [4.78, 5) is 30.3. The minimum atomic E-state index is -0.774. The van der Waals surface area contributed by atoms with Crippen molar-refractivity contribution in [1.82, 2.24) is 15.6 Å². The summed E-state index contributed by atoms with van der Waals surface area (Å²) in [6, 6.07) is 19.8. The molecule has 1 unspecified atom stereocenters. The number of aliphatic hydroxyl groups excluding tert-OH is 1. The van der Waals surface area contributed by atoms with Crippen LogP contribution in [0, 0.1) is 0 Å². The third-order valence-electron chi connectivity index (χ3n) is 5.92. The molecule has 7 nitrogen and oxygen atoms in total. The molecule has 2 atom stereocenters. The average molecular weight is 504 g/mol. The minimum Gasteiger partial charge on any atom is -0.508 e. The lowest BCUT2D eigenvalue weighted by molar-refractivity contribution is -0.128. The summed E-state index contributed by atoms with van der Waals surface area (Å²) in [5.41, 5.74) is 2.69. The van der Waals surface area contributed by atoms with Crippen LogP contribution in [-0.2, 0) is 29.0 Å². The fourth-order valence-corrected chi connectivity index (χ4v) is 5.03. The molecule has 0 aliphatic heterocycles. The molecule has 3 aromatic carbocycles. The number of phenols is 1. The van der Waals surface area contributed by atoms with E-state index in [0.29, 0.717) is 11.4 Å². The van der Waals surface area contributed by atoms with E-state index in [1.54, 1.807) is 24.3 Å². The molecule has 36 heavy (non-hydrogen) atoms. The molecule has 1 aromatic heterocycles. The monoisotopic (exact) mass is 503 g/mol. The lowest BCUT2D eigenvalue weighted by Gasteiger charge is -2.20. The number of nitrogens with one attached hydrogen (secondary N) is 2. The number of carbonyl (C=O) groups is 2. The first-order chi connectivity index (χ1) is 17.3. The Kier molecular flexibility index (Phi) is 7.97. The minimum absolute atomic E-state index is 0.128. The van der Waals surface area contributed by atoms with Crippen LogP contribution in [0.5, 0.6) is 5.75 Å². The molecule has 0 saturated heterocycles. The van der Waals surface area contributed by atoms with Crippen LogP contribution in [0.4, 0.5) is 0 Å².